The van der Waals surface area contributed by atoms with Crippen molar-refractivity contribution < 1.29 is 14.7 Å². The van der Waals surface area contributed by atoms with Crippen LogP contribution in [0.2, 0.25) is 0 Å². The Balaban J connectivity index is 1.54. The molecule has 0 spiro atoms. The maximum atomic E-state index is 12.4. The van der Waals surface area contributed by atoms with Crippen LogP contribution in [-0.4, -0.2) is 86.3 Å². The van der Waals surface area contributed by atoms with Gasteiger partial charge in [0, 0.05) is 46.2 Å². The van der Waals surface area contributed by atoms with Crippen molar-refractivity contribution in [2.24, 2.45) is 7.05 Å². The quantitative estimate of drug-likeness (QED) is 0.791. The van der Waals surface area contributed by atoms with E-state index < -0.39 is 0 Å². The van der Waals surface area contributed by atoms with E-state index in [9.17, 15) is 14.7 Å². The van der Waals surface area contributed by atoms with Crippen LogP contribution in [0.3, 0.4) is 0 Å². The monoisotopic (exact) mass is 336 g/mol. The number of carbonyl (C=O) groups excluding carboxylic acids is 2. The SMILES string of the molecule is CN1CCN(CC(=O)N2CCC(c3nnc(CO)n3C)CC2)C1=O. The maximum absolute atomic E-state index is 12.4. The molecule has 3 amide bonds. The van der Waals surface area contributed by atoms with Gasteiger partial charge in [-0.25, -0.2) is 4.79 Å². The fourth-order valence-corrected chi connectivity index (χ4v) is 3.37. The van der Waals surface area contributed by atoms with Gasteiger partial charge in [-0.1, -0.05) is 0 Å². The highest BCUT2D eigenvalue weighted by Crippen LogP contribution is 2.27. The number of aliphatic hydroxyl groups excluding tert-OH is 1. The van der Waals surface area contributed by atoms with E-state index in [-0.39, 0.29) is 31.0 Å². The number of amides is 3. The van der Waals surface area contributed by atoms with E-state index in [1.165, 1.54) is 0 Å². The summed E-state index contributed by atoms with van der Waals surface area (Å²) in [6.07, 6.45) is 1.63. The summed E-state index contributed by atoms with van der Waals surface area (Å²) < 4.78 is 1.83. The topological polar surface area (TPSA) is 94.8 Å². The highest BCUT2D eigenvalue weighted by Gasteiger charge is 2.31. The van der Waals surface area contributed by atoms with E-state index in [2.05, 4.69) is 10.2 Å². The van der Waals surface area contributed by atoms with E-state index in [0.29, 0.717) is 32.0 Å². The lowest BCUT2D eigenvalue weighted by atomic mass is 9.96. The van der Waals surface area contributed by atoms with Gasteiger partial charge in [0.2, 0.25) is 5.91 Å². The summed E-state index contributed by atoms with van der Waals surface area (Å²) in [6, 6.07) is -0.0751. The first-order chi connectivity index (χ1) is 11.5. The number of carbonyl (C=O) groups is 2. The second-order valence-corrected chi connectivity index (χ2v) is 6.47. The molecule has 1 N–H and O–H groups in total. The van der Waals surface area contributed by atoms with E-state index in [1.54, 1.807) is 16.8 Å². The molecule has 0 radical (unpaired) electrons. The van der Waals surface area contributed by atoms with E-state index in [0.717, 1.165) is 18.7 Å². The molecular formula is C15H24N6O3. The highest BCUT2D eigenvalue weighted by atomic mass is 16.3. The summed E-state index contributed by atoms with van der Waals surface area (Å²) in [5.74, 6) is 1.67. The molecule has 9 nitrogen and oxygen atoms in total. The standard InChI is InChI=1S/C15H24N6O3/c1-18-7-8-21(15(18)24)9-13(23)20-5-3-11(4-6-20)14-17-16-12(10-22)19(14)2/h11,22H,3-10H2,1-2H3. The Morgan fingerprint density at radius 3 is 2.42 bits per heavy atom. The maximum Gasteiger partial charge on any atom is 0.320 e. The molecule has 0 unspecified atom stereocenters. The van der Waals surface area contributed by atoms with Crippen LogP contribution in [0, 0.1) is 0 Å². The fourth-order valence-electron chi connectivity index (χ4n) is 3.37. The van der Waals surface area contributed by atoms with Crippen molar-refractivity contribution in [3.63, 3.8) is 0 Å². The third kappa shape index (κ3) is 3.08. The largest absolute Gasteiger partial charge is 0.388 e. The van der Waals surface area contributed by atoms with Crippen LogP contribution in [-0.2, 0) is 18.4 Å². The number of nitrogens with zero attached hydrogens (tertiary/aromatic N) is 6. The Kier molecular flexibility index (Phi) is 4.70. The van der Waals surface area contributed by atoms with Gasteiger partial charge in [-0.15, -0.1) is 10.2 Å². The Bertz CT molecular complexity index is 623. The van der Waals surface area contributed by atoms with Crippen LogP contribution >= 0.6 is 0 Å². The number of hydrogen-bond acceptors (Lipinski definition) is 5. The first kappa shape index (κ1) is 16.7. The minimum absolute atomic E-state index is 0.00566. The van der Waals surface area contributed by atoms with E-state index >= 15 is 0 Å². The Hall–Kier alpha value is -2.16. The second-order valence-electron chi connectivity index (χ2n) is 6.47. The molecule has 9 heteroatoms. The van der Waals surface area contributed by atoms with Crippen molar-refractivity contribution in [3.05, 3.63) is 11.6 Å². The van der Waals surface area contributed by atoms with Crippen LogP contribution in [0.1, 0.15) is 30.4 Å². The van der Waals surface area contributed by atoms with Gasteiger partial charge in [0.1, 0.15) is 19.0 Å². The van der Waals surface area contributed by atoms with Crippen LogP contribution < -0.4 is 0 Å². The Labute approximate surface area is 140 Å². The first-order valence-electron chi connectivity index (χ1n) is 8.28. The van der Waals surface area contributed by atoms with Crippen molar-refractivity contribution >= 4 is 11.9 Å². The molecular weight excluding hydrogens is 312 g/mol. The van der Waals surface area contributed by atoms with E-state index in [4.69, 9.17) is 0 Å². The molecule has 3 rings (SSSR count). The van der Waals surface area contributed by atoms with Gasteiger partial charge < -0.3 is 24.4 Å². The zero-order valence-electron chi connectivity index (χ0n) is 14.2. The normalized spacial score (nSPS) is 19.5. The van der Waals surface area contributed by atoms with Gasteiger partial charge in [0.25, 0.3) is 0 Å². The lowest BCUT2D eigenvalue weighted by molar-refractivity contribution is -0.132. The number of likely N-dealkylation sites (N-methyl/N-ethyl adjacent to an activating group) is 1. The number of likely N-dealkylation sites (tertiary alicyclic amines) is 1. The van der Waals surface area contributed by atoms with Gasteiger partial charge in [0.15, 0.2) is 5.82 Å². The third-order valence-electron chi connectivity index (χ3n) is 4.98. The summed E-state index contributed by atoms with van der Waals surface area (Å²) >= 11 is 0. The molecule has 0 saturated carbocycles. The van der Waals surface area contributed by atoms with Crippen LogP contribution in [0.25, 0.3) is 0 Å². The predicted molar refractivity (Wildman–Crippen MR) is 85.1 cm³/mol. The molecule has 2 aliphatic rings. The highest BCUT2D eigenvalue weighted by molar-refractivity contribution is 5.85. The van der Waals surface area contributed by atoms with Crippen LogP contribution in [0.15, 0.2) is 0 Å². The zero-order valence-corrected chi connectivity index (χ0v) is 14.2. The van der Waals surface area contributed by atoms with Gasteiger partial charge in [-0.2, -0.15) is 0 Å². The summed E-state index contributed by atoms with van der Waals surface area (Å²) in [5, 5.41) is 17.4. The van der Waals surface area contributed by atoms with Gasteiger partial charge >= 0.3 is 6.03 Å². The molecule has 0 bridgehead atoms. The molecule has 1 aromatic rings. The number of hydrogen-bond donors (Lipinski definition) is 1. The zero-order chi connectivity index (χ0) is 17.3. The van der Waals surface area contributed by atoms with Gasteiger partial charge in [0.05, 0.1) is 0 Å². The predicted octanol–water partition coefficient (Wildman–Crippen LogP) is -0.619. The molecule has 2 aliphatic heterocycles. The molecule has 132 valence electrons. The molecule has 0 aromatic carbocycles. The number of aromatic nitrogens is 3. The molecule has 2 saturated heterocycles. The summed E-state index contributed by atoms with van der Waals surface area (Å²) in [6.45, 7) is 2.63. The number of rotatable bonds is 4. The first-order valence-corrected chi connectivity index (χ1v) is 8.28. The van der Waals surface area contributed by atoms with Crippen molar-refractivity contribution in [1.29, 1.82) is 0 Å². The third-order valence-corrected chi connectivity index (χ3v) is 4.98. The second kappa shape index (κ2) is 6.76. The summed E-state index contributed by atoms with van der Waals surface area (Å²) in [5.41, 5.74) is 0. The Morgan fingerprint density at radius 1 is 1.17 bits per heavy atom. The number of piperidine rings is 1. The average molecular weight is 336 g/mol. The molecule has 2 fully saturated rings. The van der Waals surface area contributed by atoms with E-state index in [1.807, 2.05) is 16.5 Å². The smallest absolute Gasteiger partial charge is 0.320 e. The van der Waals surface area contributed by atoms with Gasteiger partial charge in [-0.3, -0.25) is 4.79 Å². The number of urea groups is 1. The summed E-state index contributed by atoms with van der Waals surface area (Å²) in [4.78, 5) is 29.3. The fraction of sp³-hybridized carbons (Fsp3) is 0.733. The van der Waals surface area contributed by atoms with Crippen molar-refractivity contribution in [2.45, 2.75) is 25.4 Å². The summed E-state index contributed by atoms with van der Waals surface area (Å²) in [7, 11) is 3.60. The molecule has 0 aliphatic carbocycles. The molecule has 0 atom stereocenters. The lowest BCUT2D eigenvalue weighted by Gasteiger charge is -2.32. The molecule has 1 aromatic heterocycles. The number of aliphatic hydroxyl groups is 1. The molecule has 24 heavy (non-hydrogen) atoms. The average Bonchev–Trinajstić information content (AvgIpc) is 3.12. The lowest BCUT2D eigenvalue weighted by Crippen LogP contribution is -2.45. The minimum atomic E-state index is -0.126. The minimum Gasteiger partial charge on any atom is -0.388 e. The van der Waals surface area contributed by atoms with Crippen molar-refractivity contribution in [3.8, 4) is 0 Å². The van der Waals surface area contributed by atoms with Crippen LogP contribution in [0.5, 0.6) is 0 Å². The van der Waals surface area contributed by atoms with Gasteiger partial charge in [-0.05, 0) is 12.8 Å². The van der Waals surface area contributed by atoms with Crippen molar-refractivity contribution in [2.75, 3.05) is 39.8 Å². The van der Waals surface area contributed by atoms with Crippen molar-refractivity contribution in [1.82, 2.24) is 29.5 Å². The Morgan fingerprint density at radius 2 is 1.88 bits per heavy atom. The molecule has 3 heterocycles. The van der Waals surface area contributed by atoms with Crippen LogP contribution in [0.4, 0.5) is 4.79 Å².